The van der Waals surface area contributed by atoms with Gasteiger partial charge in [0.1, 0.15) is 5.69 Å². The van der Waals surface area contributed by atoms with Crippen LogP contribution < -0.4 is 5.32 Å². The molecule has 108 valence electrons. The zero-order valence-corrected chi connectivity index (χ0v) is 11.9. The van der Waals surface area contributed by atoms with Crippen LogP contribution in [0.4, 0.5) is 0 Å². The average molecular weight is 284 g/mol. The van der Waals surface area contributed by atoms with Crippen LogP contribution in [-0.2, 0) is 6.54 Å². The molecule has 1 amide bonds. The molecule has 3 heterocycles. The van der Waals surface area contributed by atoms with Crippen LogP contribution in [0, 0.1) is 13.8 Å². The lowest BCUT2D eigenvalue weighted by Crippen LogP contribution is -2.28. The molecule has 0 aromatic carbocycles. The Hall–Kier alpha value is -2.70. The van der Waals surface area contributed by atoms with Gasteiger partial charge in [-0.15, -0.1) is 0 Å². The summed E-state index contributed by atoms with van der Waals surface area (Å²) in [6.07, 6.45) is 3.36. The van der Waals surface area contributed by atoms with E-state index in [1.807, 2.05) is 24.6 Å². The van der Waals surface area contributed by atoms with Crippen molar-refractivity contribution in [3.63, 3.8) is 0 Å². The molecule has 0 unspecified atom stereocenters. The van der Waals surface area contributed by atoms with Crippen molar-refractivity contribution >= 4 is 11.6 Å². The zero-order chi connectivity index (χ0) is 14.8. The zero-order valence-electron chi connectivity index (χ0n) is 11.9. The highest BCUT2D eigenvalue weighted by Gasteiger charge is 2.08. The van der Waals surface area contributed by atoms with E-state index in [1.165, 1.54) is 0 Å². The Kier molecular flexibility index (Phi) is 3.39. The fraction of sp³-hybridized carbons (Fsp3) is 0.286. The fourth-order valence-electron chi connectivity index (χ4n) is 2.20. The van der Waals surface area contributed by atoms with Crippen LogP contribution in [0.3, 0.4) is 0 Å². The van der Waals surface area contributed by atoms with E-state index < -0.39 is 0 Å². The lowest BCUT2D eigenvalue weighted by molar-refractivity contribution is 0.0945. The van der Waals surface area contributed by atoms with Crippen molar-refractivity contribution in [2.75, 3.05) is 6.54 Å². The van der Waals surface area contributed by atoms with Crippen molar-refractivity contribution in [1.29, 1.82) is 0 Å². The van der Waals surface area contributed by atoms with Gasteiger partial charge >= 0.3 is 0 Å². The molecule has 0 aliphatic carbocycles. The van der Waals surface area contributed by atoms with Gasteiger partial charge in [0.25, 0.3) is 5.91 Å². The molecular weight excluding hydrogens is 268 g/mol. The fourth-order valence-corrected chi connectivity index (χ4v) is 2.20. The van der Waals surface area contributed by atoms with E-state index in [1.54, 1.807) is 29.0 Å². The Morgan fingerprint density at radius 1 is 1.29 bits per heavy atom. The topological polar surface area (TPSA) is 77.1 Å². The van der Waals surface area contributed by atoms with Crippen LogP contribution in [0.15, 0.2) is 30.6 Å². The summed E-state index contributed by atoms with van der Waals surface area (Å²) in [5.41, 5.74) is 3.15. The van der Waals surface area contributed by atoms with Crippen molar-refractivity contribution in [2.24, 2.45) is 0 Å². The maximum absolute atomic E-state index is 12.1. The predicted octanol–water partition coefficient (Wildman–Crippen LogP) is 0.973. The molecule has 3 aromatic heterocycles. The lowest BCUT2D eigenvalue weighted by atomic mass is 10.3. The minimum Gasteiger partial charge on any atom is -0.349 e. The maximum atomic E-state index is 12.1. The maximum Gasteiger partial charge on any atom is 0.271 e. The molecule has 0 saturated carbocycles. The van der Waals surface area contributed by atoms with Gasteiger partial charge in [-0.2, -0.15) is 10.2 Å². The second-order valence-electron chi connectivity index (χ2n) is 4.85. The van der Waals surface area contributed by atoms with Gasteiger partial charge in [0, 0.05) is 24.6 Å². The number of carbonyl (C=O) groups excluding carboxylic acids is 1. The number of amides is 1. The van der Waals surface area contributed by atoms with Gasteiger partial charge in [-0.1, -0.05) is 0 Å². The third-order valence-electron chi connectivity index (χ3n) is 3.20. The first-order chi connectivity index (χ1) is 10.1. The number of fused-ring (bicyclic) bond motifs is 1. The highest BCUT2D eigenvalue weighted by molar-refractivity contribution is 5.92. The van der Waals surface area contributed by atoms with Crippen LogP contribution in [0.2, 0.25) is 0 Å². The summed E-state index contributed by atoms with van der Waals surface area (Å²) in [6, 6.07) is 5.44. The van der Waals surface area contributed by atoms with Gasteiger partial charge in [-0.05, 0) is 32.0 Å². The van der Waals surface area contributed by atoms with Crippen molar-refractivity contribution in [2.45, 2.75) is 20.4 Å². The highest BCUT2D eigenvalue weighted by atomic mass is 16.1. The van der Waals surface area contributed by atoms with E-state index in [0.717, 1.165) is 11.4 Å². The monoisotopic (exact) mass is 284 g/mol. The lowest BCUT2D eigenvalue weighted by Gasteiger charge is -2.06. The molecule has 7 nitrogen and oxygen atoms in total. The van der Waals surface area contributed by atoms with Crippen LogP contribution in [0.5, 0.6) is 0 Å². The third kappa shape index (κ3) is 2.76. The molecule has 1 N–H and O–H groups in total. The standard InChI is InChI=1S/C14H16N6O/c1-10-9-11(2)19(17-10)7-6-16-14(21)12-3-4-13-15-5-8-20(13)18-12/h3-5,8-9H,6-7H2,1-2H3,(H,16,21). The molecule has 0 fully saturated rings. The van der Waals surface area contributed by atoms with Gasteiger partial charge in [-0.25, -0.2) is 9.50 Å². The summed E-state index contributed by atoms with van der Waals surface area (Å²) in [7, 11) is 0. The number of aromatic nitrogens is 5. The summed E-state index contributed by atoms with van der Waals surface area (Å²) >= 11 is 0. The Morgan fingerprint density at radius 3 is 2.90 bits per heavy atom. The molecule has 0 bridgehead atoms. The Morgan fingerprint density at radius 2 is 2.14 bits per heavy atom. The normalized spacial score (nSPS) is 11.0. The summed E-state index contributed by atoms with van der Waals surface area (Å²) in [5.74, 6) is -0.202. The van der Waals surface area contributed by atoms with Crippen LogP contribution in [-0.4, -0.2) is 36.8 Å². The molecule has 3 aromatic rings. The number of imidazole rings is 1. The van der Waals surface area contributed by atoms with E-state index in [9.17, 15) is 4.79 Å². The second kappa shape index (κ2) is 5.35. The summed E-state index contributed by atoms with van der Waals surface area (Å²) in [6.45, 7) is 5.09. The van der Waals surface area contributed by atoms with Crippen molar-refractivity contribution in [3.05, 3.63) is 47.7 Å². The molecule has 0 saturated heterocycles. The van der Waals surface area contributed by atoms with E-state index in [4.69, 9.17) is 0 Å². The number of rotatable bonds is 4. The Bertz CT molecular complexity index is 788. The van der Waals surface area contributed by atoms with Gasteiger partial charge < -0.3 is 5.32 Å². The Labute approximate surface area is 121 Å². The predicted molar refractivity (Wildman–Crippen MR) is 77.0 cm³/mol. The number of aryl methyl sites for hydroxylation is 2. The molecule has 3 rings (SSSR count). The molecular formula is C14H16N6O. The third-order valence-corrected chi connectivity index (χ3v) is 3.20. The second-order valence-corrected chi connectivity index (χ2v) is 4.85. The molecule has 0 radical (unpaired) electrons. The van der Waals surface area contributed by atoms with E-state index in [-0.39, 0.29) is 5.91 Å². The van der Waals surface area contributed by atoms with Gasteiger partial charge in [-0.3, -0.25) is 9.48 Å². The molecule has 0 spiro atoms. The smallest absolute Gasteiger partial charge is 0.271 e. The minimum atomic E-state index is -0.202. The molecule has 21 heavy (non-hydrogen) atoms. The number of nitrogens with one attached hydrogen (secondary N) is 1. The first-order valence-corrected chi connectivity index (χ1v) is 6.73. The van der Waals surface area contributed by atoms with E-state index >= 15 is 0 Å². The van der Waals surface area contributed by atoms with Crippen molar-refractivity contribution in [3.8, 4) is 0 Å². The van der Waals surface area contributed by atoms with Gasteiger partial charge in [0.2, 0.25) is 0 Å². The molecule has 0 aliphatic heterocycles. The van der Waals surface area contributed by atoms with E-state index in [0.29, 0.717) is 24.4 Å². The molecule has 0 atom stereocenters. The Balaban J connectivity index is 1.62. The molecule has 7 heteroatoms. The number of nitrogens with zero attached hydrogens (tertiary/aromatic N) is 5. The first kappa shape index (κ1) is 13.3. The quantitative estimate of drug-likeness (QED) is 0.774. The number of hydrogen-bond acceptors (Lipinski definition) is 4. The highest BCUT2D eigenvalue weighted by Crippen LogP contribution is 2.02. The van der Waals surface area contributed by atoms with Crippen LogP contribution in [0.1, 0.15) is 21.9 Å². The molecule has 0 aliphatic rings. The van der Waals surface area contributed by atoms with E-state index in [2.05, 4.69) is 20.5 Å². The van der Waals surface area contributed by atoms with Gasteiger partial charge in [0.05, 0.1) is 12.2 Å². The first-order valence-electron chi connectivity index (χ1n) is 6.73. The average Bonchev–Trinajstić information content (AvgIpc) is 3.04. The number of carbonyl (C=O) groups is 1. The van der Waals surface area contributed by atoms with Gasteiger partial charge in [0.15, 0.2) is 5.65 Å². The largest absolute Gasteiger partial charge is 0.349 e. The van der Waals surface area contributed by atoms with Crippen molar-refractivity contribution in [1.82, 2.24) is 29.7 Å². The summed E-state index contributed by atoms with van der Waals surface area (Å²) < 4.78 is 3.46. The summed E-state index contributed by atoms with van der Waals surface area (Å²) in [4.78, 5) is 16.1. The van der Waals surface area contributed by atoms with Crippen molar-refractivity contribution < 1.29 is 4.79 Å². The van der Waals surface area contributed by atoms with Crippen LogP contribution >= 0.6 is 0 Å². The number of hydrogen-bond donors (Lipinski definition) is 1. The summed E-state index contributed by atoms with van der Waals surface area (Å²) in [5, 5.41) is 11.4. The minimum absolute atomic E-state index is 0.202. The SMILES string of the molecule is Cc1cc(C)n(CCNC(=O)c2ccc3nccn3n2)n1. The van der Waals surface area contributed by atoms with Crippen LogP contribution in [0.25, 0.3) is 5.65 Å².